The molecule has 0 aromatic carbocycles. The molecule has 102 valence electrons. The van der Waals surface area contributed by atoms with Crippen LogP contribution in [-0.2, 0) is 11.3 Å². The van der Waals surface area contributed by atoms with E-state index in [0.717, 1.165) is 45.1 Å². The first-order valence-electron chi connectivity index (χ1n) is 6.62. The van der Waals surface area contributed by atoms with Crippen LogP contribution in [0.15, 0.2) is 6.20 Å². The van der Waals surface area contributed by atoms with Crippen LogP contribution in [0.2, 0.25) is 0 Å². The van der Waals surface area contributed by atoms with E-state index in [9.17, 15) is 0 Å². The molecule has 0 amide bonds. The SMILES string of the molecule is Cc1[nH]ncc1CNCC(C)(C)N1CCOCC1. The van der Waals surface area contributed by atoms with E-state index in [1.807, 2.05) is 6.20 Å². The summed E-state index contributed by atoms with van der Waals surface area (Å²) < 4.78 is 5.40. The number of hydrogen-bond acceptors (Lipinski definition) is 4. The van der Waals surface area contributed by atoms with Crippen molar-refractivity contribution in [2.24, 2.45) is 0 Å². The van der Waals surface area contributed by atoms with Crippen molar-refractivity contribution < 1.29 is 4.74 Å². The van der Waals surface area contributed by atoms with E-state index < -0.39 is 0 Å². The molecule has 18 heavy (non-hydrogen) atoms. The van der Waals surface area contributed by atoms with Crippen molar-refractivity contribution in [1.82, 2.24) is 20.4 Å². The lowest BCUT2D eigenvalue weighted by atomic mass is 10.0. The quantitative estimate of drug-likeness (QED) is 0.818. The third-order valence-electron chi connectivity index (χ3n) is 3.67. The zero-order valence-electron chi connectivity index (χ0n) is 11.6. The zero-order chi connectivity index (χ0) is 13.0. The van der Waals surface area contributed by atoms with E-state index in [2.05, 4.69) is 41.2 Å². The molecule has 0 aliphatic carbocycles. The molecule has 0 spiro atoms. The Hall–Kier alpha value is -0.910. The number of morpholine rings is 1. The van der Waals surface area contributed by atoms with Gasteiger partial charge < -0.3 is 10.1 Å². The molecular formula is C13H24N4O. The second-order valence-electron chi connectivity index (χ2n) is 5.54. The molecule has 0 atom stereocenters. The number of H-pyrrole nitrogens is 1. The average Bonchev–Trinajstić information content (AvgIpc) is 2.76. The van der Waals surface area contributed by atoms with Gasteiger partial charge in [-0.15, -0.1) is 0 Å². The molecule has 2 rings (SSSR count). The minimum absolute atomic E-state index is 0.168. The molecule has 1 fully saturated rings. The van der Waals surface area contributed by atoms with Gasteiger partial charge in [-0.05, 0) is 20.8 Å². The number of hydrogen-bond donors (Lipinski definition) is 2. The van der Waals surface area contributed by atoms with Gasteiger partial charge >= 0.3 is 0 Å². The molecule has 2 heterocycles. The largest absolute Gasteiger partial charge is 0.379 e. The summed E-state index contributed by atoms with van der Waals surface area (Å²) in [6, 6.07) is 0. The van der Waals surface area contributed by atoms with Crippen molar-refractivity contribution in [1.29, 1.82) is 0 Å². The Morgan fingerprint density at radius 3 is 2.78 bits per heavy atom. The van der Waals surface area contributed by atoms with Crippen LogP contribution in [0.3, 0.4) is 0 Å². The molecule has 1 aliphatic heterocycles. The van der Waals surface area contributed by atoms with Crippen LogP contribution in [0.1, 0.15) is 25.1 Å². The van der Waals surface area contributed by atoms with Gasteiger partial charge in [-0.2, -0.15) is 5.10 Å². The van der Waals surface area contributed by atoms with E-state index >= 15 is 0 Å². The van der Waals surface area contributed by atoms with Crippen LogP contribution in [0.4, 0.5) is 0 Å². The standard InChI is InChI=1S/C13H24N4O/c1-11-12(9-15-16-11)8-14-10-13(2,3)17-4-6-18-7-5-17/h9,14H,4-8,10H2,1-3H3,(H,15,16). The Labute approximate surface area is 109 Å². The van der Waals surface area contributed by atoms with Gasteiger partial charge in [0.2, 0.25) is 0 Å². The van der Waals surface area contributed by atoms with Crippen molar-refractivity contribution in [3.8, 4) is 0 Å². The number of rotatable bonds is 5. The van der Waals surface area contributed by atoms with Crippen LogP contribution < -0.4 is 5.32 Å². The molecule has 5 nitrogen and oxygen atoms in total. The molecule has 2 N–H and O–H groups in total. The maximum Gasteiger partial charge on any atom is 0.0594 e. The number of nitrogens with zero attached hydrogens (tertiary/aromatic N) is 2. The topological polar surface area (TPSA) is 53.2 Å². The van der Waals surface area contributed by atoms with E-state index in [4.69, 9.17) is 4.74 Å². The summed E-state index contributed by atoms with van der Waals surface area (Å²) in [7, 11) is 0. The molecule has 5 heteroatoms. The Morgan fingerprint density at radius 1 is 1.44 bits per heavy atom. The fraction of sp³-hybridized carbons (Fsp3) is 0.769. The number of aromatic nitrogens is 2. The van der Waals surface area contributed by atoms with E-state index in [1.54, 1.807) is 0 Å². The lowest BCUT2D eigenvalue weighted by Crippen LogP contribution is -2.54. The molecule has 1 aromatic rings. The highest BCUT2D eigenvalue weighted by molar-refractivity contribution is 5.13. The summed E-state index contributed by atoms with van der Waals surface area (Å²) >= 11 is 0. The molecular weight excluding hydrogens is 228 g/mol. The van der Waals surface area contributed by atoms with Crippen LogP contribution in [-0.4, -0.2) is 53.5 Å². The third kappa shape index (κ3) is 3.31. The highest BCUT2D eigenvalue weighted by Crippen LogP contribution is 2.15. The Bertz CT molecular complexity index is 369. The maximum atomic E-state index is 5.40. The zero-order valence-corrected chi connectivity index (χ0v) is 11.6. The van der Waals surface area contributed by atoms with E-state index in [0.29, 0.717) is 0 Å². The summed E-state index contributed by atoms with van der Waals surface area (Å²) in [4.78, 5) is 2.49. The fourth-order valence-corrected chi connectivity index (χ4v) is 2.34. The summed E-state index contributed by atoms with van der Waals surface area (Å²) in [5.41, 5.74) is 2.56. The number of aryl methyl sites for hydroxylation is 1. The van der Waals surface area contributed by atoms with Crippen LogP contribution in [0.25, 0.3) is 0 Å². The van der Waals surface area contributed by atoms with E-state index in [-0.39, 0.29) is 5.54 Å². The van der Waals surface area contributed by atoms with Crippen LogP contribution >= 0.6 is 0 Å². The van der Waals surface area contributed by atoms with Gasteiger partial charge in [-0.3, -0.25) is 10.00 Å². The molecule has 0 bridgehead atoms. The number of aromatic amines is 1. The smallest absolute Gasteiger partial charge is 0.0594 e. The molecule has 1 saturated heterocycles. The predicted molar refractivity (Wildman–Crippen MR) is 71.5 cm³/mol. The second-order valence-corrected chi connectivity index (χ2v) is 5.54. The predicted octanol–water partition coefficient (Wildman–Crippen LogP) is 0.919. The minimum atomic E-state index is 0.168. The highest BCUT2D eigenvalue weighted by atomic mass is 16.5. The monoisotopic (exact) mass is 252 g/mol. The lowest BCUT2D eigenvalue weighted by Gasteiger charge is -2.41. The summed E-state index contributed by atoms with van der Waals surface area (Å²) in [5.74, 6) is 0. The van der Waals surface area contributed by atoms with Gasteiger partial charge in [0.05, 0.1) is 19.4 Å². The van der Waals surface area contributed by atoms with Gasteiger partial charge in [0.1, 0.15) is 0 Å². The molecule has 0 radical (unpaired) electrons. The first kappa shape index (κ1) is 13.5. The van der Waals surface area contributed by atoms with Gasteiger partial charge in [0, 0.05) is 43.0 Å². The van der Waals surface area contributed by atoms with Crippen molar-refractivity contribution >= 4 is 0 Å². The summed E-state index contributed by atoms with van der Waals surface area (Å²) in [6.45, 7) is 12.2. The van der Waals surface area contributed by atoms with Crippen LogP contribution in [0.5, 0.6) is 0 Å². The molecule has 0 saturated carbocycles. The Kier molecular flexibility index (Phi) is 4.37. The second kappa shape index (κ2) is 5.82. The van der Waals surface area contributed by atoms with Crippen LogP contribution in [0, 0.1) is 6.92 Å². The Morgan fingerprint density at radius 2 is 2.17 bits per heavy atom. The average molecular weight is 252 g/mol. The molecule has 0 unspecified atom stereocenters. The first-order valence-corrected chi connectivity index (χ1v) is 6.62. The van der Waals surface area contributed by atoms with Gasteiger partial charge in [0.15, 0.2) is 0 Å². The van der Waals surface area contributed by atoms with Crippen molar-refractivity contribution in [3.63, 3.8) is 0 Å². The lowest BCUT2D eigenvalue weighted by molar-refractivity contribution is -0.00967. The van der Waals surface area contributed by atoms with Gasteiger partial charge in [-0.25, -0.2) is 0 Å². The van der Waals surface area contributed by atoms with Crippen molar-refractivity contribution in [2.75, 3.05) is 32.8 Å². The summed E-state index contributed by atoms with van der Waals surface area (Å²) in [5, 5.41) is 10.5. The van der Waals surface area contributed by atoms with Crippen molar-refractivity contribution in [3.05, 3.63) is 17.5 Å². The summed E-state index contributed by atoms with van der Waals surface area (Å²) in [6.07, 6.45) is 1.89. The molecule has 1 aromatic heterocycles. The third-order valence-corrected chi connectivity index (χ3v) is 3.67. The first-order chi connectivity index (χ1) is 8.59. The normalized spacial score (nSPS) is 18.2. The number of nitrogens with one attached hydrogen (secondary N) is 2. The van der Waals surface area contributed by atoms with E-state index in [1.165, 1.54) is 5.56 Å². The van der Waals surface area contributed by atoms with Gasteiger partial charge in [-0.1, -0.05) is 0 Å². The minimum Gasteiger partial charge on any atom is -0.379 e. The molecule has 1 aliphatic rings. The maximum absolute atomic E-state index is 5.40. The fourth-order valence-electron chi connectivity index (χ4n) is 2.34. The van der Waals surface area contributed by atoms with Gasteiger partial charge in [0.25, 0.3) is 0 Å². The number of ether oxygens (including phenoxy) is 1. The van der Waals surface area contributed by atoms with Crippen molar-refractivity contribution in [2.45, 2.75) is 32.9 Å². The Balaban J connectivity index is 1.79. The highest BCUT2D eigenvalue weighted by Gasteiger charge is 2.27.